The van der Waals surface area contributed by atoms with Gasteiger partial charge in [0.25, 0.3) is 0 Å². The van der Waals surface area contributed by atoms with Gasteiger partial charge >= 0.3 is 0 Å². The molecule has 0 aliphatic carbocycles. The number of fused-ring (bicyclic) bond motifs is 3. The van der Waals surface area contributed by atoms with Crippen molar-refractivity contribution >= 4 is 40.4 Å². The minimum absolute atomic E-state index is 0. The highest BCUT2D eigenvalue weighted by molar-refractivity contribution is 5.94. The molecule has 1 aromatic carbocycles. The molecule has 6 rings (SSSR count). The van der Waals surface area contributed by atoms with Crippen LogP contribution < -0.4 is 10.2 Å². The number of anilines is 1. The minimum Gasteiger partial charge on any atom is -0.390 e. The maximum absolute atomic E-state index is 9.23. The average Bonchev–Trinajstić information content (AvgIpc) is 3.48. The van der Waals surface area contributed by atoms with Crippen LogP contribution in [0, 0.1) is 17.2 Å². The van der Waals surface area contributed by atoms with Crippen molar-refractivity contribution in [2.24, 2.45) is 5.92 Å². The molecule has 0 spiro atoms. The molecule has 5 heterocycles. The normalized spacial score (nSPS) is 17.7. The topological polar surface area (TPSA) is 109 Å². The van der Waals surface area contributed by atoms with Gasteiger partial charge in [0.05, 0.1) is 11.9 Å². The summed E-state index contributed by atoms with van der Waals surface area (Å²) in [5.74, 6) is 1.25. The van der Waals surface area contributed by atoms with E-state index in [9.17, 15) is 5.26 Å². The number of aromatic amines is 2. The second-order valence-corrected chi connectivity index (χ2v) is 7.25. The largest absolute Gasteiger partial charge is 0.390 e. The van der Waals surface area contributed by atoms with Crippen LogP contribution >= 0.6 is 12.4 Å². The molecular formula is C20H17ClN8. The van der Waals surface area contributed by atoms with Crippen molar-refractivity contribution in [2.75, 3.05) is 24.5 Å². The number of nitrogens with zero attached hydrogens (tertiary/aromatic N) is 5. The van der Waals surface area contributed by atoms with Crippen LogP contribution in [0.3, 0.4) is 0 Å². The van der Waals surface area contributed by atoms with Crippen molar-refractivity contribution in [1.82, 2.24) is 30.2 Å². The second kappa shape index (κ2) is 6.50. The number of hydrogen-bond donors (Lipinski definition) is 3. The van der Waals surface area contributed by atoms with E-state index in [1.54, 1.807) is 12.5 Å². The van der Waals surface area contributed by atoms with Gasteiger partial charge in [-0.3, -0.25) is 0 Å². The van der Waals surface area contributed by atoms with E-state index in [1.807, 2.05) is 18.2 Å². The Kier molecular flexibility index (Phi) is 3.93. The van der Waals surface area contributed by atoms with Gasteiger partial charge in [0.1, 0.15) is 17.3 Å². The van der Waals surface area contributed by atoms with Gasteiger partial charge < -0.3 is 20.2 Å². The Labute approximate surface area is 172 Å². The highest BCUT2D eigenvalue weighted by Crippen LogP contribution is 2.32. The fraction of sp³-hybridized carbons (Fsp3) is 0.200. The smallest absolute Gasteiger partial charge is 0.228 e. The predicted octanol–water partition coefficient (Wildman–Crippen LogP) is 2.72. The van der Waals surface area contributed by atoms with Crippen LogP contribution in [0.5, 0.6) is 0 Å². The summed E-state index contributed by atoms with van der Waals surface area (Å²) in [5.41, 5.74) is 6.17. The van der Waals surface area contributed by atoms with Gasteiger partial charge in [0.2, 0.25) is 5.95 Å². The van der Waals surface area contributed by atoms with Crippen molar-refractivity contribution < 1.29 is 0 Å². The summed E-state index contributed by atoms with van der Waals surface area (Å²) in [4.78, 5) is 22.6. The van der Waals surface area contributed by atoms with Crippen molar-refractivity contribution in [3.05, 3.63) is 48.1 Å². The molecule has 3 aromatic heterocycles. The van der Waals surface area contributed by atoms with Gasteiger partial charge in [0, 0.05) is 48.2 Å². The van der Waals surface area contributed by atoms with E-state index in [0.29, 0.717) is 17.4 Å². The summed E-state index contributed by atoms with van der Waals surface area (Å²) in [6, 6.07) is 8.17. The summed E-state index contributed by atoms with van der Waals surface area (Å²) in [6.07, 6.45) is 5.50. The Morgan fingerprint density at radius 1 is 1.21 bits per heavy atom. The molecule has 3 N–H and O–H groups in total. The molecule has 0 amide bonds. The lowest BCUT2D eigenvalue weighted by Crippen LogP contribution is -2.25. The fourth-order valence-corrected chi connectivity index (χ4v) is 4.17. The van der Waals surface area contributed by atoms with Gasteiger partial charge in [-0.15, -0.1) is 12.4 Å². The summed E-state index contributed by atoms with van der Waals surface area (Å²) in [7, 11) is 0. The molecule has 144 valence electrons. The van der Waals surface area contributed by atoms with E-state index in [4.69, 9.17) is 9.97 Å². The van der Waals surface area contributed by atoms with Crippen LogP contribution in [-0.2, 0) is 0 Å². The molecule has 0 bridgehead atoms. The quantitative estimate of drug-likeness (QED) is 0.474. The summed E-state index contributed by atoms with van der Waals surface area (Å²) in [5, 5.41) is 13.4. The van der Waals surface area contributed by atoms with Crippen molar-refractivity contribution in [2.45, 2.75) is 0 Å². The Balaban J connectivity index is 0.00000181. The van der Waals surface area contributed by atoms with E-state index < -0.39 is 0 Å². The van der Waals surface area contributed by atoms with Gasteiger partial charge in [-0.1, -0.05) is 12.1 Å². The van der Waals surface area contributed by atoms with Crippen LogP contribution in [0.25, 0.3) is 33.3 Å². The first-order valence-electron chi connectivity index (χ1n) is 9.20. The standard InChI is InChI=1S/C20H16N8.ClH/c21-4-12-7-23-16-3-11(1-2-15(12)16)17-18-19(25-10-24-18)27-20(26-17)28-8-13-5-22-6-14(13)9-28;/h1-3,5,7,10,14,22-23H,6,8-9H2,(H,24,25,26,27);1H. The van der Waals surface area contributed by atoms with Crippen molar-refractivity contribution in [1.29, 1.82) is 5.26 Å². The van der Waals surface area contributed by atoms with Gasteiger partial charge in [0.15, 0.2) is 5.65 Å². The van der Waals surface area contributed by atoms with Gasteiger partial charge in [-0.25, -0.2) is 9.97 Å². The molecule has 1 saturated heterocycles. The Hall–Kier alpha value is -3.57. The number of aromatic nitrogens is 5. The zero-order valence-electron chi connectivity index (χ0n) is 15.3. The summed E-state index contributed by atoms with van der Waals surface area (Å²) in [6.45, 7) is 2.74. The molecule has 1 atom stereocenters. The highest BCUT2D eigenvalue weighted by Gasteiger charge is 2.32. The lowest BCUT2D eigenvalue weighted by molar-refractivity contribution is 0.673. The number of rotatable bonds is 2. The van der Waals surface area contributed by atoms with Crippen molar-refractivity contribution in [3.8, 4) is 17.3 Å². The molecule has 2 aliphatic rings. The van der Waals surface area contributed by atoms with E-state index in [0.717, 1.165) is 53.0 Å². The number of nitrogens with one attached hydrogen (secondary N) is 3. The summed E-state index contributed by atoms with van der Waals surface area (Å²) >= 11 is 0. The molecule has 9 heteroatoms. The van der Waals surface area contributed by atoms with E-state index in [-0.39, 0.29) is 12.4 Å². The highest BCUT2D eigenvalue weighted by atomic mass is 35.5. The van der Waals surface area contributed by atoms with Gasteiger partial charge in [-0.2, -0.15) is 10.2 Å². The average molecular weight is 405 g/mol. The molecule has 29 heavy (non-hydrogen) atoms. The number of benzene rings is 1. The van der Waals surface area contributed by atoms with E-state index in [2.05, 4.69) is 37.4 Å². The van der Waals surface area contributed by atoms with Crippen LogP contribution in [0.4, 0.5) is 5.95 Å². The number of nitriles is 1. The van der Waals surface area contributed by atoms with E-state index in [1.165, 1.54) is 5.57 Å². The molecule has 1 unspecified atom stereocenters. The number of H-pyrrole nitrogens is 2. The lowest BCUT2D eigenvalue weighted by atomic mass is 10.1. The Morgan fingerprint density at radius 2 is 2.14 bits per heavy atom. The number of imidazole rings is 1. The first-order chi connectivity index (χ1) is 13.8. The Morgan fingerprint density at radius 3 is 3.00 bits per heavy atom. The number of halogens is 1. The minimum atomic E-state index is 0. The van der Waals surface area contributed by atoms with E-state index >= 15 is 0 Å². The molecule has 4 aromatic rings. The van der Waals surface area contributed by atoms with Crippen LogP contribution in [0.2, 0.25) is 0 Å². The van der Waals surface area contributed by atoms with Gasteiger partial charge in [-0.05, 0) is 17.8 Å². The molecule has 2 aliphatic heterocycles. The first-order valence-corrected chi connectivity index (χ1v) is 9.20. The maximum atomic E-state index is 9.23. The third kappa shape index (κ3) is 2.62. The lowest BCUT2D eigenvalue weighted by Gasteiger charge is -2.17. The third-order valence-electron chi connectivity index (χ3n) is 5.62. The number of hydrogen-bond acceptors (Lipinski definition) is 6. The molecule has 8 nitrogen and oxygen atoms in total. The van der Waals surface area contributed by atoms with Crippen LogP contribution in [-0.4, -0.2) is 44.6 Å². The third-order valence-corrected chi connectivity index (χ3v) is 5.62. The molecule has 0 saturated carbocycles. The molecule has 1 fully saturated rings. The monoisotopic (exact) mass is 404 g/mol. The molecular weight excluding hydrogens is 388 g/mol. The second-order valence-electron chi connectivity index (χ2n) is 7.25. The summed E-state index contributed by atoms with van der Waals surface area (Å²) < 4.78 is 0. The Bertz CT molecular complexity index is 1310. The zero-order chi connectivity index (χ0) is 18.7. The van der Waals surface area contributed by atoms with Crippen LogP contribution in [0.15, 0.2) is 42.5 Å². The zero-order valence-corrected chi connectivity index (χ0v) is 16.1. The van der Waals surface area contributed by atoms with Crippen molar-refractivity contribution in [3.63, 3.8) is 0 Å². The SMILES string of the molecule is Cl.N#Cc1c[nH]c2cc(-c3nc(N4CC5=CNCC5C4)nc4[nH]cnc34)ccc12. The predicted molar refractivity (Wildman–Crippen MR) is 113 cm³/mol. The first kappa shape index (κ1) is 17.5. The van der Waals surface area contributed by atoms with Crippen LogP contribution in [0.1, 0.15) is 5.56 Å². The maximum Gasteiger partial charge on any atom is 0.228 e. The molecule has 0 radical (unpaired) electrons. The fourth-order valence-electron chi connectivity index (χ4n) is 4.17.